The Hall–Kier alpha value is -1.81. The van der Waals surface area contributed by atoms with Gasteiger partial charge in [0, 0.05) is 29.7 Å². The number of amides is 1. The first-order valence-electron chi connectivity index (χ1n) is 7.69. The summed E-state index contributed by atoms with van der Waals surface area (Å²) in [7, 11) is 0. The Labute approximate surface area is 135 Å². The van der Waals surface area contributed by atoms with Crippen molar-refractivity contribution in [1.82, 2.24) is 9.88 Å². The SMILES string of the molecule is CCCCCNC(=O)c1cn(CC)c2ccc(Cl)cc2c1=O. The van der Waals surface area contributed by atoms with E-state index in [1.54, 1.807) is 18.3 Å². The first-order chi connectivity index (χ1) is 10.6. The van der Waals surface area contributed by atoms with Crippen molar-refractivity contribution in [2.45, 2.75) is 39.7 Å². The van der Waals surface area contributed by atoms with Crippen molar-refractivity contribution in [2.24, 2.45) is 0 Å². The molecule has 1 N–H and O–H groups in total. The predicted molar refractivity (Wildman–Crippen MR) is 90.8 cm³/mol. The molecule has 0 aliphatic heterocycles. The third-order valence-corrected chi connectivity index (χ3v) is 3.93. The average molecular weight is 321 g/mol. The Kier molecular flexibility index (Phi) is 5.61. The maximum Gasteiger partial charge on any atom is 0.256 e. The molecule has 0 fully saturated rings. The number of aryl methyl sites for hydroxylation is 1. The van der Waals surface area contributed by atoms with Crippen LogP contribution in [-0.2, 0) is 6.54 Å². The molecule has 0 bridgehead atoms. The topological polar surface area (TPSA) is 51.1 Å². The third kappa shape index (κ3) is 3.50. The smallest absolute Gasteiger partial charge is 0.256 e. The maximum atomic E-state index is 12.5. The van der Waals surface area contributed by atoms with Crippen LogP contribution < -0.4 is 10.7 Å². The molecule has 0 spiro atoms. The van der Waals surface area contributed by atoms with Crippen molar-refractivity contribution >= 4 is 28.4 Å². The summed E-state index contributed by atoms with van der Waals surface area (Å²) >= 11 is 5.99. The summed E-state index contributed by atoms with van der Waals surface area (Å²) in [6.45, 7) is 5.34. The van der Waals surface area contributed by atoms with Crippen LogP contribution in [-0.4, -0.2) is 17.0 Å². The Balaban J connectivity index is 2.39. The molecule has 22 heavy (non-hydrogen) atoms. The van der Waals surface area contributed by atoms with Crippen LogP contribution in [0.3, 0.4) is 0 Å². The summed E-state index contributed by atoms with van der Waals surface area (Å²) in [5, 5.41) is 3.80. The summed E-state index contributed by atoms with van der Waals surface area (Å²) in [5.74, 6) is -0.315. The van der Waals surface area contributed by atoms with Crippen LogP contribution in [0.1, 0.15) is 43.5 Å². The molecule has 1 aromatic heterocycles. The molecule has 2 rings (SSSR count). The van der Waals surface area contributed by atoms with Crippen LogP contribution in [0.2, 0.25) is 5.02 Å². The number of carbonyl (C=O) groups is 1. The monoisotopic (exact) mass is 320 g/mol. The van der Waals surface area contributed by atoms with Gasteiger partial charge in [-0.3, -0.25) is 9.59 Å². The second-order valence-electron chi connectivity index (χ2n) is 5.28. The van der Waals surface area contributed by atoms with Crippen molar-refractivity contribution in [2.75, 3.05) is 6.54 Å². The highest BCUT2D eigenvalue weighted by molar-refractivity contribution is 6.31. The minimum atomic E-state index is -0.315. The van der Waals surface area contributed by atoms with E-state index >= 15 is 0 Å². The first-order valence-corrected chi connectivity index (χ1v) is 8.07. The normalized spacial score (nSPS) is 10.9. The lowest BCUT2D eigenvalue weighted by molar-refractivity contribution is 0.0951. The number of nitrogens with one attached hydrogen (secondary N) is 1. The van der Waals surface area contributed by atoms with E-state index in [-0.39, 0.29) is 16.9 Å². The van der Waals surface area contributed by atoms with Gasteiger partial charge in [-0.15, -0.1) is 0 Å². The molecule has 4 nitrogen and oxygen atoms in total. The number of benzene rings is 1. The van der Waals surface area contributed by atoms with E-state index in [2.05, 4.69) is 12.2 Å². The first kappa shape index (κ1) is 16.6. The van der Waals surface area contributed by atoms with E-state index in [1.807, 2.05) is 17.6 Å². The van der Waals surface area contributed by atoms with Crippen molar-refractivity contribution in [3.05, 3.63) is 45.2 Å². The molecular formula is C17H21ClN2O2. The molecule has 5 heteroatoms. The van der Waals surface area contributed by atoms with Crippen LogP contribution in [0.5, 0.6) is 0 Å². The molecule has 0 atom stereocenters. The van der Waals surface area contributed by atoms with E-state index in [0.717, 1.165) is 24.8 Å². The lowest BCUT2D eigenvalue weighted by atomic mass is 10.1. The number of pyridine rings is 1. The maximum absolute atomic E-state index is 12.5. The number of halogens is 1. The summed E-state index contributed by atoms with van der Waals surface area (Å²) < 4.78 is 1.90. The molecule has 0 saturated heterocycles. The summed E-state index contributed by atoms with van der Waals surface area (Å²) in [5.41, 5.74) is 0.697. The van der Waals surface area contributed by atoms with E-state index in [9.17, 15) is 9.59 Å². The number of fused-ring (bicyclic) bond motifs is 1. The van der Waals surface area contributed by atoms with E-state index in [1.165, 1.54) is 0 Å². The summed E-state index contributed by atoms with van der Waals surface area (Å²) in [6.07, 6.45) is 4.71. The minimum Gasteiger partial charge on any atom is -0.352 e. The highest BCUT2D eigenvalue weighted by Crippen LogP contribution is 2.17. The number of rotatable bonds is 6. The number of aromatic nitrogens is 1. The Morgan fingerprint density at radius 3 is 2.73 bits per heavy atom. The standard InChI is InChI=1S/C17H21ClN2O2/c1-3-5-6-9-19-17(22)14-11-20(4-2)15-8-7-12(18)10-13(15)16(14)21/h7-8,10-11H,3-6,9H2,1-2H3,(H,19,22). The minimum absolute atomic E-state index is 0.174. The van der Waals surface area contributed by atoms with Gasteiger partial charge in [-0.2, -0.15) is 0 Å². The van der Waals surface area contributed by atoms with Gasteiger partial charge < -0.3 is 9.88 Å². The van der Waals surface area contributed by atoms with Crippen molar-refractivity contribution < 1.29 is 4.79 Å². The molecular weight excluding hydrogens is 300 g/mol. The Morgan fingerprint density at radius 1 is 1.27 bits per heavy atom. The number of hydrogen-bond donors (Lipinski definition) is 1. The molecule has 0 saturated carbocycles. The van der Waals surface area contributed by atoms with Crippen LogP contribution >= 0.6 is 11.6 Å². The Morgan fingerprint density at radius 2 is 2.05 bits per heavy atom. The van der Waals surface area contributed by atoms with Crippen LogP contribution in [0.25, 0.3) is 10.9 Å². The zero-order valence-electron chi connectivity index (χ0n) is 13.0. The lowest BCUT2D eigenvalue weighted by Crippen LogP contribution is -2.30. The lowest BCUT2D eigenvalue weighted by Gasteiger charge is -2.12. The van der Waals surface area contributed by atoms with Gasteiger partial charge in [-0.05, 0) is 31.5 Å². The molecule has 1 aromatic carbocycles. The number of carbonyl (C=O) groups excluding carboxylic acids is 1. The predicted octanol–water partition coefficient (Wildman–Crippen LogP) is 3.59. The van der Waals surface area contributed by atoms with Gasteiger partial charge in [0.05, 0.1) is 5.52 Å². The van der Waals surface area contributed by atoms with E-state index < -0.39 is 0 Å². The molecule has 1 heterocycles. The van der Waals surface area contributed by atoms with Gasteiger partial charge in [0.15, 0.2) is 0 Å². The molecule has 2 aromatic rings. The average Bonchev–Trinajstić information content (AvgIpc) is 2.52. The van der Waals surface area contributed by atoms with E-state index in [0.29, 0.717) is 23.5 Å². The summed E-state index contributed by atoms with van der Waals surface area (Å²) in [6, 6.07) is 5.19. The number of nitrogens with zero attached hydrogens (tertiary/aromatic N) is 1. The summed E-state index contributed by atoms with van der Waals surface area (Å²) in [4.78, 5) is 24.8. The third-order valence-electron chi connectivity index (χ3n) is 3.69. The zero-order valence-corrected chi connectivity index (χ0v) is 13.7. The number of hydrogen-bond acceptors (Lipinski definition) is 2. The van der Waals surface area contributed by atoms with Gasteiger partial charge in [0.1, 0.15) is 5.56 Å². The van der Waals surface area contributed by atoms with Gasteiger partial charge >= 0.3 is 0 Å². The molecule has 118 valence electrons. The molecule has 0 aliphatic carbocycles. The van der Waals surface area contributed by atoms with Crippen LogP contribution in [0, 0.1) is 0 Å². The molecule has 1 amide bonds. The zero-order chi connectivity index (χ0) is 16.1. The highest BCUT2D eigenvalue weighted by atomic mass is 35.5. The fourth-order valence-electron chi connectivity index (χ4n) is 2.47. The fraction of sp³-hybridized carbons (Fsp3) is 0.412. The second kappa shape index (κ2) is 7.45. The molecule has 0 unspecified atom stereocenters. The van der Waals surface area contributed by atoms with E-state index in [4.69, 9.17) is 11.6 Å². The van der Waals surface area contributed by atoms with Crippen LogP contribution in [0.15, 0.2) is 29.2 Å². The van der Waals surface area contributed by atoms with Crippen LogP contribution in [0.4, 0.5) is 0 Å². The largest absolute Gasteiger partial charge is 0.352 e. The van der Waals surface area contributed by atoms with Gasteiger partial charge in [0.2, 0.25) is 5.43 Å². The van der Waals surface area contributed by atoms with Crippen molar-refractivity contribution in [3.63, 3.8) is 0 Å². The van der Waals surface area contributed by atoms with Gasteiger partial charge in [0.25, 0.3) is 5.91 Å². The fourth-order valence-corrected chi connectivity index (χ4v) is 2.64. The highest BCUT2D eigenvalue weighted by Gasteiger charge is 2.15. The quantitative estimate of drug-likeness (QED) is 0.827. The second-order valence-corrected chi connectivity index (χ2v) is 5.72. The molecule has 0 aliphatic rings. The van der Waals surface area contributed by atoms with Gasteiger partial charge in [-0.25, -0.2) is 0 Å². The van der Waals surface area contributed by atoms with Gasteiger partial charge in [-0.1, -0.05) is 31.4 Å². The Bertz CT molecular complexity index is 737. The van der Waals surface area contributed by atoms with Crippen molar-refractivity contribution in [3.8, 4) is 0 Å². The molecule has 0 radical (unpaired) electrons. The van der Waals surface area contributed by atoms with Crippen molar-refractivity contribution in [1.29, 1.82) is 0 Å². The number of unbranched alkanes of at least 4 members (excludes halogenated alkanes) is 2.